The van der Waals surface area contributed by atoms with Crippen molar-refractivity contribution in [3.8, 4) is 22.8 Å². The molecular formula is C28H27N3O6S. The predicted octanol–water partition coefficient (Wildman–Crippen LogP) is 2.77. The number of hydrogen-bond donors (Lipinski definition) is 1. The van der Waals surface area contributed by atoms with E-state index >= 15 is 0 Å². The molecule has 0 fully saturated rings. The van der Waals surface area contributed by atoms with Crippen molar-refractivity contribution in [2.24, 2.45) is 5.73 Å². The molecule has 9 nitrogen and oxygen atoms in total. The summed E-state index contributed by atoms with van der Waals surface area (Å²) < 4.78 is 38.9. The molecule has 0 aliphatic carbocycles. The highest BCUT2D eigenvalue weighted by atomic mass is 32.2. The van der Waals surface area contributed by atoms with E-state index in [-0.39, 0.29) is 29.5 Å². The van der Waals surface area contributed by atoms with E-state index in [1.54, 1.807) is 42.5 Å². The number of hydrogen-bond acceptors (Lipinski definition) is 7. The number of nitrogens with two attached hydrogens (primary N) is 1. The molecule has 2 atom stereocenters. The Hall–Kier alpha value is -4.15. The monoisotopic (exact) mass is 533 g/mol. The normalized spacial score (nSPS) is 15.5. The lowest BCUT2D eigenvalue weighted by atomic mass is 10.1. The molecule has 5 rings (SSSR count). The van der Waals surface area contributed by atoms with Crippen LogP contribution in [-0.2, 0) is 16.4 Å². The number of fused-ring (bicyclic) bond motifs is 1. The lowest BCUT2D eigenvalue weighted by Gasteiger charge is -2.20. The van der Waals surface area contributed by atoms with Crippen molar-refractivity contribution >= 4 is 9.84 Å². The van der Waals surface area contributed by atoms with E-state index in [4.69, 9.17) is 15.2 Å². The minimum absolute atomic E-state index is 0.0209. The summed E-state index contributed by atoms with van der Waals surface area (Å²) in [5.74, 6) is 0.599. The van der Waals surface area contributed by atoms with Gasteiger partial charge >= 0.3 is 5.69 Å². The van der Waals surface area contributed by atoms with Crippen LogP contribution >= 0.6 is 0 Å². The van der Waals surface area contributed by atoms with Gasteiger partial charge in [-0.15, -0.1) is 0 Å². The van der Waals surface area contributed by atoms with E-state index in [9.17, 15) is 18.0 Å². The van der Waals surface area contributed by atoms with Crippen LogP contribution in [0, 0.1) is 0 Å². The molecule has 196 valence electrons. The van der Waals surface area contributed by atoms with Crippen LogP contribution in [0.5, 0.6) is 11.6 Å². The molecule has 0 bridgehead atoms. The molecule has 0 radical (unpaired) electrons. The Morgan fingerprint density at radius 1 is 1.03 bits per heavy atom. The number of aromatic nitrogens is 2. The first-order valence-electron chi connectivity index (χ1n) is 12.0. The Morgan fingerprint density at radius 3 is 2.45 bits per heavy atom. The number of nitrogens with zero attached hydrogens (tertiary/aromatic N) is 2. The van der Waals surface area contributed by atoms with Gasteiger partial charge < -0.3 is 15.2 Å². The van der Waals surface area contributed by atoms with Crippen molar-refractivity contribution in [2.45, 2.75) is 23.5 Å². The van der Waals surface area contributed by atoms with Gasteiger partial charge in [0.2, 0.25) is 5.88 Å². The van der Waals surface area contributed by atoms with Crippen LogP contribution in [0.25, 0.3) is 11.1 Å². The maximum atomic E-state index is 13.9. The summed E-state index contributed by atoms with van der Waals surface area (Å²) in [5.41, 5.74) is 7.09. The van der Waals surface area contributed by atoms with Gasteiger partial charge in [0.25, 0.3) is 5.56 Å². The van der Waals surface area contributed by atoms with Gasteiger partial charge in [-0.2, -0.15) is 0 Å². The molecular weight excluding hydrogens is 506 g/mol. The van der Waals surface area contributed by atoms with Crippen molar-refractivity contribution in [3.05, 3.63) is 111 Å². The Bertz CT molecular complexity index is 1730. The molecule has 2 unspecified atom stereocenters. The highest BCUT2D eigenvalue weighted by Gasteiger charge is 2.35. The molecule has 0 amide bonds. The van der Waals surface area contributed by atoms with Gasteiger partial charge in [0, 0.05) is 12.3 Å². The van der Waals surface area contributed by atoms with Gasteiger partial charge in [-0.3, -0.25) is 13.9 Å². The van der Waals surface area contributed by atoms with Gasteiger partial charge in [-0.25, -0.2) is 13.2 Å². The number of rotatable bonds is 7. The quantitative estimate of drug-likeness (QED) is 0.388. The molecule has 2 N–H and O–H groups in total. The third-order valence-corrected chi connectivity index (χ3v) is 7.83. The highest BCUT2D eigenvalue weighted by molar-refractivity contribution is 7.90. The number of benzene rings is 3. The zero-order valence-electron chi connectivity index (χ0n) is 20.9. The summed E-state index contributed by atoms with van der Waals surface area (Å²) in [6.07, 6.45) is 1.12. The van der Waals surface area contributed by atoms with Crippen LogP contribution in [0.3, 0.4) is 0 Å². The molecule has 0 saturated carbocycles. The first-order valence-corrected chi connectivity index (χ1v) is 13.9. The zero-order valence-corrected chi connectivity index (χ0v) is 21.7. The van der Waals surface area contributed by atoms with E-state index in [2.05, 4.69) is 0 Å². The SMILES string of the molecule is COc1cccc(-c2c3n(c(=O)n(CC(N)c4ccccc4)c2=O)C(c2ccccc2S(C)(=O)=O)CO3)c1. The molecule has 2 heterocycles. The Kier molecular flexibility index (Phi) is 6.68. The average molecular weight is 534 g/mol. The lowest BCUT2D eigenvalue weighted by molar-refractivity contribution is 0.342. The van der Waals surface area contributed by atoms with Crippen LogP contribution in [0.4, 0.5) is 0 Å². The lowest BCUT2D eigenvalue weighted by Crippen LogP contribution is -2.43. The minimum atomic E-state index is -3.61. The van der Waals surface area contributed by atoms with E-state index < -0.39 is 33.2 Å². The molecule has 0 spiro atoms. The fraction of sp³-hybridized carbons (Fsp3) is 0.214. The second-order valence-electron chi connectivity index (χ2n) is 9.13. The fourth-order valence-electron chi connectivity index (χ4n) is 4.81. The zero-order chi connectivity index (χ0) is 27.0. The maximum Gasteiger partial charge on any atom is 0.334 e. The summed E-state index contributed by atoms with van der Waals surface area (Å²) in [5, 5.41) is 0. The Labute approximate surface area is 219 Å². The molecule has 1 aliphatic rings. The first-order chi connectivity index (χ1) is 18.2. The second kappa shape index (κ2) is 9.96. The van der Waals surface area contributed by atoms with Crippen LogP contribution < -0.4 is 26.5 Å². The van der Waals surface area contributed by atoms with Crippen molar-refractivity contribution in [1.29, 1.82) is 0 Å². The van der Waals surface area contributed by atoms with Crippen molar-refractivity contribution < 1.29 is 17.9 Å². The number of ether oxygens (including phenoxy) is 2. The van der Waals surface area contributed by atoms with E-state index in [0.29, 0.717) is 16.9 Å². The van der Waals surface area contributed by atoms with Gasteiger partial charge in [-0.05, 0) is 34.9 Å². The smallest absolute Gasteiger partial charge is 0.334 e. The molecule has 4 aromatic rings. The third kappa shape index (κ3) is 4.52. The standard InChI is InChI=1S/C28H27N3O6S/c1-36-20-12-8-11-19(15-20)25-26(32)30(16-22(29)18-9-4-3-5-10-18)28(33)31-23(17-37-27(25)31)21-13-6-7-14-24(21)38(2,34)35/h3-15,22-23H,16-17,29H2,1-2H3. The van der Waals surface area contributed by atoms with Crippen LogP contribution in [0.1, 0.15) is 23.2 Å². The Balaban J connectivity index is 1.76. The Morgan fingerprint density at radius 2 is 1.74 bits per heavy atom. The molecule has 1 aromatic heterocycles. The van der Waals surface area contributed by atoms with Crippen molar-refractivity contribution in [1.82, 2.24) is 9.13 Å². The van der Waals surface area contributed by atoms with E-state index in [1.807, 2.05) is 30.3 Å². The average Bonchev–Trinajstić information content (AvgIpc) is 3.36. The number of methoxy groups -OCH3 is 1. The van der Waals surface area contributed by atoms with E-state index in [1.165, 1.54) is 17.7 Å². The largest absolute Gasteiger partial charge is 0.497 e. The first kappa shape index (κ1) is 25.5. The summed E-state index contributed by atoms with van der Waals surface area (Å²) in [4.78, 5) is 27.9. The molecule has 3 aromatic carbocycles. The number of sulfone groups is 1. The van der Waals surface area contributed by atoms with Gasteiger partial charge in [0.05, 0.1) is 18.6 Å². The van der Waals surface area contributed by atoms with Gasteiger partial charge in [0.1, 0.15) is 24.0 Å². The second-order valence-corrected chi connectivity index (χ2v) is 11.1. The summed E-state index contributed by atoms with van der Waals surface area (Å²) in [6.45, 7) is -0.105. The van der Waals surface area contributed by atoms with Crippen LogP contribution in [0.2, 0.25) is 0 Å². The van der Waals surface area contributed by atoms with Crippen LogP contribution in [0.15, 0.2) is 93.3 Å². The molecule has 10 heteroatoms. The summed E-state index contributed by atoms with van der Waals surface area (Å²) >= 11 is 0. The van der Waals surface area contributed by atoms with E-state index in [0.717, 1.165) is 16.4 Å². The summed E-state index contributed by atoms with van der Waals surface area (Å²) in [7, 11) is -2.09. The molecule has 0 saturated heterocycles. The molecule has 38 heavy (non-hydrogen) atoms. The van der Waals surface area contributed by atoms with Crippen molar-refractivity contribution in [2.75, 3.05) is 20.0 Å². The minimum Gasteiger partial charge on any atom is -0.497 e. The van der Waals surface area contributed by atoms with Crippen molar-refractivity contribution in [3.63, 3.8) is 0 Å². The topological polar surface area (TPSA) is 123 Å². The molecule has 1 aliphatic heterocycles. The highest BCUT2D eigenvalue weighted by Crippen LogP contribution is 2.38. The maximum absolute atomic E-state index is 13.9. The van der Waals surface area contributed by atoms with Gasteiger partial charge in [-0.1, -0.05) is 60.7 Å². The van der Waals surface area contributed by atoms with Gasteiger partial charge in [0.15, 0.2) is 9.84 Å². The van der Waals surface area contributed by atoms with Crippen LogP contribution in [-0.4, -0.2) is 37.5 Å². The fourth-order valence-corrected chi connectivity index (χ4v) is 5.77. The predicted molar refractivity (Wildman–Crippen MR) is 144 cm³/mol. The summed E-state index contributed by atoms with van der Waals surface area (Å²) in [6, 6.07) is 21.2. The third-order valence-electron chi connectivity index (χ3n) is 6.66.